The molecule has 1 heterocycles. The van der Waals surface area contributed by atoms with Crippen LogP contribution in [-0.2, 0) is 21.3 Å². The Hall–Kier alpha value is -0.310. The molecule has 0 N–H and O–H groups in total. The monoisotopic (exact) mass is 419 g/mol. The van der Waals surface area contributed by atoms with Crippen molar-refractivity contribution in [3.63, 3.8) is 0 Å². The molecular formula is C10H9BrF2INO2. The first-order valence-corrected chi connectivity index (χ1v) is 6.78. The summed E-state index contributed by atoms with van der Waals surface area (Å²) in [6.45, 7) is 0. The highest BCUT2D eigenvalue weighted by Crippen LogP contribution is 2.28. The first kappa shape index (κ1) is 14.7. The van der Waals surface area contributed by atoms with E-state index in [1.54, 1.807) is 22.6 Å². The Morgan fingerprint density at radius 2 is 2.29 bits per heavy atom. The van der Waals surface area contributed by atoms with Crippen molar-refractivity contribution in [2.24, 2.45) is 0 Å². The number of halogens is 4. The number of ether oxygens (including phenoxy) is 1. The van der Waals surface area contributed by atoms with Gasteiger partial charge in [-0.1, -0.05) is 15.9 Å². The fourth-order valence-electron chi connectivity index (χ4n) is 1.30. The summed E-state index contributed by atoms with van der Waals surface area (Å²) in [7, 11) is 1.22. The van der Waals surface area contributed by atoms with Gasteiger partial charge in [-0.05, 0) is 34.2 Å². The third-order valence-electron chi connectivity index (χ3n) is 2.07. The van der Waals surface area contributed by atoms with E-state index in [0.717, 1.165) is 0 Å². The lowest BCUT2D eigenvalue weighted by Crippen LogP contribution is -2.10. The second-order valence-electron chi connectivity index (χ2n) is 3.16. The van der Waals surface area contributed by atoms with Gasteiger partial charge in [-0.25, -0.2) is 13.8 Å². The number of methoxy groups -OCH3 is 1. The fraction of sp³-hybridized carbons (Fsp3) is 0.400. The zero-order valence-corrected chi connectivity index (χ0v) is 12.6. The van der Waals surface area contributed by atoms with Crippen LogP contribution in [0.5, 0.6) is 0 Å². The molecule has 0 amide bonds. The molecule has 0 radical (unpaired) electrons. The normalized spacial score (nSPS) is 10.7. The Morgan fingerprint density at radius 1 is 1.65 bits per heavy atom. The lowest BCUT2D eigenvalue weighted by molar-refractivity contribution is -0.139. The van der Waals surface area contributed by atoms with E-state index in [1.807, 2.05) is 0 Å². The number of esters is 1. The lowest BCUT2D eigenvalue weighted by Gasteiger charge is -2.11. The van der Waals surface area contributed by atoms with Gasteiger partial charge in [0.1, 0.15) is 3.70 Å². The summed E-state index contributed by atoms with van der Waals surface area (Å²) in [6.07, 6.45) is -2.83. The quantitative estimate of drug-likeness (QED) is 0.325. The standard InChI is InChI=1S/C10H9BrF2INO2/c1-17-7(16)3-5-2-6(4-11)15-10(14)8(5)9(12)13/h2,9H,3-4H2,1H3. The van der Waals surface area contributed by atoms with Crippen molar-refractivity contribution < 1.29 is 18.3 Å². The molecule has 0 spiro atoms. The number of carbonyl (C=O) groups is 1. The van der Waals surface area contributed by atoms with Crippen molar-refractivity contribution in [1.82, 2.24) is 4.98 Å². The maximum atomic E-state index is 12.9. The van der Waals surface area contributed by atoms with Gasteiger partial charge in [0.25, 0.3) is 6.43 Å². The van der Waals surface area contributed by atoms with Gasteiger partial charge in [-0.3, -0.25) is 4.79 Å². The molecule has 1 aromatic rings. The number of hydrogen-bond acceptors (Lipinski definition) is 3. The van der Waals surface area contributed by atoms with E-state index in [0.29, 0.717) is 11.0 Å². The molecule has 0 fully saturated rings. The summed E-state index contributed by atoms with van der Waals surface area (Å²) in [5.41, 5.74) is 0.680. The van der Waals surface area contributed by atoms with E-state index >= 15 is 0 Å². The Labute approximate surface area is 119 Å². The van der Waals surface area contributed by atoms with Crippen molar-refractivity contribution in [3.05, 3.63) is 26.6 Å². The van der Waals surface area contributed by atoms with E-state index in [9.17, 15) is 13.6 Å². The molecule has 94 valence electrons. The second kappa shape index (κ2) is 6.58. The highest BCUT2D eigenvalue weighted by atomic mass is 127. The van der Waals surface area contributed by atoms with Crippen LogP contribution in [0.15, 0.2) is 6.07 Å². The van der Waals surface area contributed by atoms with Crippen molar-refractivity contribution in [1.29, 1.82) is 0 Å². The van der Waals surface area contributed by atoms with Gasteiger partial charge in [0.2, 0.25) is 0 Å². The van der Waals surface area contributed by atoms with Gasteiger partial charge < -0.3 is 4.74 Å². The molecule has 1 aromatic heterocycles. The molecule has 1 rings (SSSR count). The van der Waals surface area contributed by atoms with Gasteiger partial charge in [0.15, 0.2) is 0 Å². The number of aromatic nitrogens is 1. The summed E-state index contributed by atoms with van der Waals surface area (Å²) < 4.78 is 30.4. The van der Waals surface area contributed by atoms with Crippen LogP contribution < -0.4 is 0 Å². The minimum absolute atomic E-state index is 0.172. The number of carbonyl (C=O) groups excluding carboxylic acids is 1. The van der Waals surface area contributed by atoms with E-state index in [1.165, 1.54) is 13.2 Å². The molecule has 0 saturated heterocycles. The SMILES string of the molecule is COC(=O)Cc1cc(CBr)nc(I)c1C(F)F. The Kier molecular flexibility index (Phi) is 5.71. The first-order chi connectivity index (χ1) is 7.99. The third-order valence-corrected chi connectivity index (χ3v) is 3.47. The van der Waals surface area contributed by atoms with Gasteiger partial charge in [-0.15, -0.1) is 0 Å². The first-order valence-electron chi connectivity index (χ1n) is 4.58. The Bertz CT molecular complexity index is 429. The van der Waals surface area contributed by atoms with Crippen LogP contribution >= 0.6 is 38.5 Å². The molecule has 0 aliphatic rings. The van der Waals surface area contributed by atoms with Crippen molar-refractivity contribution in [3.8, 4) is 0 Å². The molecule has 0 aliphatic carbocycles. The van der Waals surface area contributed by atoms with Crippen LogP contribution in [-0.4, -0.2) is 18.1 Å². The number of nitrogens with zero attached hydrogens (tertiary/aromatic N) is 1. The van der Waals surface area contributed by atoms with E-state index in [4.69, 9.17) is 0 Å². The van der Waals surface area contributed by atoms with E-state index < -0.39 is 12.4 Å². The lowest BCUT2D eigenvalue weighted by atomic mass is 10.1. The highest BCUT2D eigenvalue weighted by molar-refractivity contribution is 14.1. The molecule has 0 bridgehead atoms. The molecule has 3 nitrogen and oxygen atoms in total. The maximum Gasteiger partial charge on any atom is 0.309 e. The zero-order valence-electron chi connectivity index (χ0n) is 8.84. The Balaban J connectivity index is 3.22. The van der Waals surface area contributed by atoms with Gasteiger partial charge in [-0.2, -0.15) is 0 Å². The average molecular weight is 420 g/mol. The smallest absolute Gasteiger partial charge is 0.309 e. The van der Waals surface area contributed by atoms with Gasteiger partial charge >= 0.3 is 5.97 Å². The topological polar surface area (TPSA) is 39.2 Å². The number of hydrogen-bond donors (Lipinski definition) is 0. The minimum atomic E-state index is -2.65. The molecule has 0 aromatic carbocycles. The van der Waals surface area contributed by atoms with Crippen LogP contribution in [0.1, 0.15) is 23.2 Å². The summed E-state index contributed by atoms with van der Waals surface area (Å²) >= 11 is 4.95. The average Bonchev–Trinajstić information content (AvgIpc) is 2.27. The summed E-state index contributed by atoms with van der Waals surface area (Å²) in [4.78, 5) is 15.2. The second-order valence-corrected chi connectivity index (χ2v) is 4.75. The van der Waals surface area contributed by atoms with Gasteiger partial charge in [0.05, 0.1) is 24.8 Å². The van der Waals surface area contributed by atoms with Crippen LogP contribution in [0, 0.1) is 3.70 Å². The van der Waals surface area contributed by atoms with Gasteiger partial charge in [0, 0.05) is 5.33 Å². The van der Waals surface area contributed by atoms with Crippen LogP contribution in [0.25, 0.3) is 0 Å². The van der Waals surface area contributed by atoms with Crippen molar-refractivity contribution in [2.75, 3.05) is 7.11 Å². The molecule has 7 heteroatoms. The number of pyridine rings is 1. The van der Waals surface area contributed by atoms with Crippen molar-refractivity contribution in [2.45, 2.75) is 18.2 Å². The van der Waals surface area contributed by atoms with Crippen molar-refractivity contribution >= 4 is 44.5 Å². The minimum Gasteiger partial charge on any atom is -0.469 e. The summed E-state index contributed by atoms with van der Waals surface area (Å²) in [5.74, 6) is -0.547. The summed E-state index contributed by atoms with van der Waals surface area (Å²) in [6, 6.07) is 1.50. The van der Waals surface area contributed by atoms with Crippen LogP contribution in [0.3, 0.4) is 0 Å². The number of alkyl halides is 3. The molecule has 0 unspecified atom stereocenters. The molecule has 0 aliphatic heterocycles. The largest absolute Gasteiger partial charge is 0.469 e. The summed E-state index contributed by atoms with van der Waals surface area (Å²) in [5, 5.41) is 0.445. The molecule has 17 heavy (non-hydrogen) atoms. The number of rotatable bonds is 4. The van der Waals surface area contributed by atoms with E-state index in [2.05, 4.69) is 25.7 Å². The maximum absolute atomic E-state index is 12.9. The predicted octanol–water partition coefficient (Wildman–Crippen LogP) is 3.23. The van der Waals surface area contributed by atoms with Crippen LogP contribution in [0.2, 0.25) is 0 Å². The third kappa shape index (κ3) is 3.84. The fourth-order valence-corrected chi connectivity index (χ4v) is 2.48. The predicted molar refractivity (Wildman–Crippen MR) is 70.3 cm³/mol. The molecule has 0 saturated carbocycles. The highest BCUT2D eigenvalue weighted by Gasteiger charge is 2.21. The van der Waals surface area contributed by atoms with Crippen LogP contribution in [0.4, 0.5) is 8.78 Å². The zero-order chi connectivity index (χ0) is 13.0. The molecular weight excluding hydrogens is 411 g/mol. The Morgan fingerprint density at radius 3 is 2.76 bits per heavy atom. The van der Waals surface area contributed by atoms with E-state index in [-0.39, 0.29) is 21.2 Å². The molecule has 0 atom stereocenters.